The number of halogens is 2. The van der Waals surface area contributed by atoms with E-state index in [1.54, 1.807) is 11.3 Å². The average Bonchev–Trinajstić information content (AvgIpc) is 2.71. The molecule has 0 radical (unpaired) electrons. The number of aromatic nitrogens is 2. The van der Waals surface area contributed by atoms with Gasteiger partial charge in [-0.05, 0) is 37.3 Å². The molecule has 0 unspecified atom stereocenters. The molecule has 3 aromatic rings. The molecule has 0 saturated heterocycles. The molecule has 3 rings (SSSR count). The zero-order valence-electron chi connectivity index (χ0n) is 9.45. The first-order valence-electron chi connectivity index (χ1n) is 5.33. The Morgan fingerprint density at radius 3 is 2.50 bits per heavy atom. The summed E-state index contributed by atoms with van der Waals surface area (Å²) in [5.41, 5.74) is 0.911. The van der Waals surface area contributed by atoms with Gasteiger partial charge < -0.3 is 0 Å². The number of nitrogens with zero attached hydrogens (tertiary/aromatic N) is 2. The average molecular weight is 295 g/mol. The number of rotatable bonds is 1. The molecule has 18 heavy (non-hydrogen) atoms. The van der Waals surface area contributed by atoms with Gasteiger partial charge in [0.25, 0.3) is 0 Å². The number of hydrogen-bond acceptors (Lipinski definition) is 3. The summed E-state index contributed by atoms with van der Waals surface area (Å²) in [7, 11) is 0. The van der Waals surface area contributed by atoms with Crippen LogP contribution in [0.25, 0.3) is 21.6 Å². The van der Waals surface area contributed by atoms with Crippen molar-refractivity contribution in [2.45, 2.75) is 6.92 Å². The van der Waals surface area contributed by atoms with Crippen LogP contribution in [0, 0.1) is 6.92 Å². The lowest BCUT2D eigenvalue weighted by Gasteiger charge is -2.01. The summed E-state index contributed by atoms with van der Waals surface area (Å²) in [6.45, 7) is 2.03. The van der Waals surface area contributed by atoms with Crippen LogP contribution in [0.1, 0.15) is 4.88 Å². The fraction of sp³-hybridized carbons (Fsp3) is 0.0769. The lowest BCUT2D eigenvalue weighted by molar-refractivity contribution is 1.24. The Bertz CT molecular complexity index is 720. The second kappa shape index (κ2) is 4.50. The van der Waals surface area contributed by atoms with Crippen molar-refractivity contribution < 1.29 is 0 Å². The molecule has 0 bridgehead atoms. The van der Waals surface area contributed by atoms with E-state index < -0.39 is 0 Å². The van der Waals surface area contributed by atoms with Crippen molar-refractivity contribution in [1.82, 2.24) is 9.97 Å². The van der Waals surface area contributed by atoms with Crippen molar-refractivity contribution >= 4 is 44.8 Å². The first kappa shape index (κ1) is 11.9. The monoisotopic (exact) mass is 294 g/mol. The number of fused-ring (bicyclic) bond motifs is 1. The Hall–Kier alpha value is -1.16. The molecule has 2 aromatic heterocycles. The van der Waals surface area contributed by atoms with Crippen LogP contribution in [0.15, 0.2) is 30.3 Å². The van der Waals surface area contributed by atoms with E-state index in [-0.39, 0.29) is 0 Å². The highest BCUT2D eigenvalue weighted by Gasteiger charge is 2.10. The molecule has 0 atom stereocenters. The molecule has 0 fully saturated rings. The second-order valence-corrected chi connectivity index (χ2v) is 5.95. The number of benzene rings is 1. The summed E-state index contributed by atoms with van der Waals surface area (Å²) in [6.07, 6.45) is 0. The number of aryl methyl sites for hydroxylation is 1. The van der Waals surface area contributed by atoms with Crippen molar-refractivity contribution in [1.29, 1.82) is 0 Å². The standard InChI is InChI=1S/C13H8Cl2N2S/c1-7-6-10-11(15)16-12(17-13(10)18-7)8-2-4-9(14)5-3-8/h2-6H,1H3. The first-order chi connectivity index (χ1) is 8.63. The summed E-state index contributed by atoms with van der Waals surface area (Å²) in [4.78, 5) is 11.0. The maximum Gasteiger partial charge on any atom is 0.162 e. The molecule has 0 aliphatic carbocycles. The Balaban J connectivity index is 2.20. The molecule has 0 N–H and O–H groups in total. The molecule has 0 amide bonds. The predicted octanol–water partition coefficient (Wildman–Crippen LogP) is 4.97. The normalized spacial score (nSPS) is 11.1. The van der Waals surface area contributed by atoms with Crippen LogP contribution < -0.4 is 0 Å². The predicted molar refractivity (Wildman–Crippen MR) is 77.6 cm³/mol. The molecule has 90 valence electrons. The maximum atomic E-state index is 6.19. The minimum Gasteiger partial charge on any atom is -0.217 e. The van der Waals surface area contributed by atoms with E-state index in [4.69, 9.17) is 23.2 Å². The summed E-state index contributed by atoms with van der Waals surface area (Å²) in [5, 5.41) is 2.10. The zero-order chi connectivity index (χ0) is 12.7. The van der Waals surface area contributed by atoms with Crippen LogP contribution in [0.3, 0.4) is 0 Å². The van der Waals surface area contributed by atoms with Crippen molar-refractivity contribution in [2.75, 3.05) is 0 Å². The molecule has 5 heteroatoms. The third-order valence-electron chi connectivity index (χ3n) is 2.57. The maximum absolute atomic E-state index is 6.19. The van der Waals surface area contributed by atoms with Crippen LogP contribution in [0.5, 0.6) is 0 Å². The summed E-state index contributed by atoms with van der Waals surface area (Å²) in [5.74, 6) is 0.631. The fourth-order valence-electron chi connectivity index (χ4n) is 1.74. The van der Waals surface area contributed by atoms with E-state index in [1.807, 2.05) is 37.3 Å². The van der Waals surface area contributed by atoms with Gasteiger partial charge >= 0.3 is 0 Å². The van der Waals surface area contributed by atoms with Crippen molar-refractivity contribution in [3.63, 3.8) is 0 Å². The van der Waals surface area contributed by atoms with Gasteiger partial charge in [-0.3, -0.25) is 0 Å². The largest absolute Gasteiger partial charge is 0.217 e. The molecule has 0 aliphatic heterocycles. The minimum atomic E-state index is 0.495. The molecule has 0 aliphatic rings. The summed E-state index contributed by atoms with van der Waals surface area (Å²) in [6, 6.07) is 9.42. The molecular weight excluding hydrogens is 287 g/mol. The van der Waals surface area contributed by atoms with Gasteiger partial charge in [-0.15, -0.1) is 11.3 Å². The summed E-state index contributed by atoms with van der Waals surface area (Å²) < 4.78 is 0. The first-order valence-corrected chi connectivity index (χ1v) is 6.90. The SMILES string of the molecule is Cc1cc2c(Cl)nc(-c3ccc(Cl)cc3)nc2s1. The van der Waals surface area contributed by atoms with Gasteiger partial charge in [0.1, 0.15) is 9.98 Å². The van der Waals surface area contributed by atoms with Gasteiger partial charge in [0.15, 0.2) is 5.82 Å². The molecule has 2 nitrogen and oxygen atoms in total. The van der Waals surface area contributed by atoms with E-state index >= 15 is 0 Å². The van der Waals surface area contributed by atoms with Crippen LogP contribution in [0.2, 0.25) is 10.2 Å². The minimum absolute atomic E-state index is 0.495. The van der Waals surface area contributed by atoms with Crippen LogP contribution in [-0.2, 0) is 0 Å². The van der Waals surface area contributed by atoms with E-state index in [0.717, 1.165) is 15.8 Å². The smallest absolute Gasteiger partial charge is 0.162 e. The van der Waals surface area contributed by atoms with E-state index in [0.29, 0.717) is 16.0 Å². The van der Waals surface area contributed by atoms with Gasteiger partial charge in [0.05, 0.1) is 0 Å². The van der Waals surface area contributed by atoms with Crippen LogP contribution >= 0.6 is 34.5 Å². The van der Waals surface area contributed by atoms with Gasteiger partial charge in [-0.25, -0.2) is 9.97 Å². The lowest BCUT2D eigenvalue weighted by atomic mass is 10.2. The van der Waals surface area contributed by atoms with E-state index in [9.17, 15) is 0 Å². The third kappa shape index (κ3) is 2.09. The highest BCUT2D eigenvalue weighted by atomic mass is 35.5. The molecule has 1 aromatic carbocycles. The summed E-state index contributed by atoms with van der Waals surface area (Å²) >= 11 is 13.7. The molecule has 0 saturated carbocycles. The fourth-order valence-corrected chi connectivity index (χ4v) is 3.02. The highest BCUT2D eigenvalue weighted by molar-refractivity contribution is 7.18. The Labute approximate surface area is 118 Å². The van der Waals surface area contributed by atoms with Crippen LogP contribution in [0.4, 0.5) is 0 Å². The van der Waals surface area contributed by atoms with Crippen LogP contribution in [-0.4, -0.2) is 9.97 Å². The van der Waals surface area contributed by atoms with Gasteiger partial charge in [-0.2, -0.15) is 0 Å². The Morgan fingerprint density at radius 1 is 1.06 bits per heavy atom. The lowest BCUT2D eigenvalue weighted by Crippen LogP contribution is -1.89. The molecule has 0 spiro atoms. The van der Waals surface area contributed by atoms with Gasteiger partial charge in [0.2, 0.25) is 0 Å². The topological polar surface area (TPSA) is 25.8 Å². The molecule has 2 heterocycles. The van der Waals surface area contributed by atoms with Crippen molar-refractivity contribution in [3.8, 4) is 11.4 Å². The van der Waals surface area contributed by atoms with E-state index in [1.165, 1.54) is 4.88 Å². The number of hydrogen-bond donors (Lipinski definition) is 0. The Morgan fingerprint density at radius 2 is 1.78 bits per heavy atom. The second-order valence-electron chi connectivity index (χ2n) is 3.92. The third-order valence-corrected chi connectivity index (χ3v) is 4.06. The van der Waals surface area contributed by atoms with Crippen molar-refractivity contribution in [2.24, 2.45) is 0 Å². The molecular formula is C13H8Cl2N2S. The number of thiophene rings is 1. The Kier molecular flexibility index (Phi) is 2.98. The van der Waals surface area contributed by atoms with Gasteiger partial charge in [0, 0.05) is 20.8 Å². The van der Waals surface area contributed by atoms with Crippen molar-refractivity contribution in [3.05, 3.63) is 45.4 Å². The quantitative estimate of drug-likeness (QED) is 0.592. The van der Waals surface area contributed by atoms with E-state index in [2.05, 4.69) is 9.97 Å². The van der Waals surface area contributed by atoms with Gasteiger partial charge in [-0.1, -0.05) is 23.2 Å². The zero-order valence-corrected chi connectivity index (χ0v) is 11.8. The highest BCUT2D eigenvalue weighted by Crippen LogP contribution is 2.30.